The summed E-state index contributed by atoms with van der Waals surface area (Å²) in [7, 11) is -0.840. The standard InChI is InChI=1S/C16H26NOSi/c1-16(2,3)19(13-14-8-5-4-6-9-14)18-12-15-10-7-11-17-15/h4-6,8-9,15,17H,7,10-13H2,1-3H3/t15-/m1/s1. The molecule has 0 aliphatic carbocycles. The molecule has 3 heteroatoms. The molecule has 0 bridgehead atoms. The maximum Gasteiger partial charge on any atom is 0.221 e. The SMILES string of the molecule is CC(C)(C)[Si](Cc1ccccc1)OC[C@H]1CCCN1. The Labute approximate surface area is 119 Å². The first-order valence-electron chi connectivity index (χ1n) is 7.32. The third-order valence-corrected chi connectivity index (χ3v) is 6.58. The van der Waals surface area contributed by atoms with Crippen molar-refractivity contribution in [3.63, 3.8) is 0 Å². The van der Waals surface area contributed by atoms with Crippen LogP contribution in [0.3, 0.4) is 0 Å². The van der Waals surface area contributed by atoms with Crippen LogP contribution >= 0.6 is 0 Å². The first-order valence-corrected chi connectivity index (χ1v) is 8.93. The Morgan fingerprint density at radius 3 is 2.58 bits per heavy atom. The topological polar surface area (TPSA) is 21.3 Å². The van der Waals surface area contributed by atoms with Gasteiger partial charge in [0.05, 0.1) is 0 Å². The molecule has 0 aromatic heterocycles. The van der Waals surface area contributed by atoms with Gasteiger partial charge in [-0.3, -0.25) is 0 Å². The van der Waals surface area contributed by atoms with Crippen LogP contribution in [0.5, 0.6) is 0 Å². The van der Waals surface area contributed by atoms with E-state index in [-0.39, 0.29) is 5.04 Å². The molecule has 0 saturated carbocycles. The summed E-state index contributed by atoms with van der Waals surface area (Å²) in [6, 6.07) is 12.4. The minimum Gasteiger partial charge on any atom is -0.414 e. The van der Waals surface area contributed by atoms with Crippen LogP contribution in [0.1, 0.15) is 39.2 Å². The van der Waals surface area contributed by atoms with Gasteiger partial charge in [0.25, 0.3) is 0 Å². The Balaban J connectivity index is 1.92. The molecule has 1 fully saturated rings. The van der Waals surface area contributed by atoms with Gasteiger partial charge in [-0.1, -0.05) is 51.1 Å². The second kappa shape index (κ2) is 6.68. The molecule has 1 aromatic carbocycles. The molecule has 1 aliphatic rings. The molecule has 1 radical (unpaired) electrons. The van der Waals surface area contributed by atoms with Gasteiger partial charge in [0.15, 0.2) is 0 Å². The lowest BCUT2D eigenvalue weighted by atomic mass is 10.2. The van der Waals surface area contributed by atoms with Crippen molar-refractivity contribution >= 4 is 9.04 Å². The Hall–Kier alpha value is -0.643. The summed E-state index contributed by atoms with van der Waals surface area (Å²) in [6.07, 6.45) is 2.56. The number of nitrogens with one attached hydrogen (secondary N) is 1. The van der Waals surface area contributed by atoms with E-state index in [0.29, 0.717) is 6.04 Å². The largest absolute Gasteiger partial charge is 0.414 e. The predicted molar refractivity (Wildman–Crippen MR) is 82.6 cm³/mol. The van der Waals surface area contributed by atoms with Crippen molar-refractivity contribution in [2.45, 2.75) is 50.7 Å². The Kier molecular flexibility index (Phi) is 5.19. The molecule has 1 aromatic rings. The van der Waals surface area contributed by atoms with Crippen LogP contribution in [0.2, 0.25) is 5.04 Å². The van der Waals surface area contributed by atoms with Crippen LogP contribution in [0, 0.1) is 0 Å². The Bertz CT molecular complexity index is 368. The number of hydrogen-bond acceptors (Lipinski definition) is 2. The quantitative estimate of drug-likeness (QED) is 0.833. The van der Waals surface area contributed by atoms with E-state index < -0.39 is 9.04 Å². The van der Waals surface area contributed by atoms with Crippen molar-refractivity contribution in [2.24, 2.45) is 0 Å². The fourth-order valence-corrected chi connectivity index (χ4v) is 4.49. The number of benzene rings is 1. The van der Waals surface area contributed by atoms with E-state index in [1.807, 2.05) is 0 Å². The van der Waals surface area contributed by atoms with Gasteiger partial charge in [-0.2, -0.15) is 0 Å². The monoisotopic (exact) mass is 276 g/mol. The van der Waals surface area contributed by atoms with Gasteiger partial charge in [0, 0.05) is 12.6 Å². The zero-order valence-electron chi connectivity index (χ0n) is 12.4. The molecular weight excluding hydrogens is 250 g/mol. The maximum absolute atomic E-state index is 6.33. The van der Waals surface area contributed by atoms with Crippen LogP contribution in [0.15, 0.2) is 30.3 Å². The second-order valence-electron chi connectivity index (χ2n) is 6.44. The van der Waals surface area contributed by atoms with Crippen molar-refractivity contribution in [1.29, 1.82) is 0 Å². The third kappa shape index (κ3) is 4.75. The summed E-state index contributed by atoms with van der Waals surface area (Å²) in [4.78, 5) is 0. The molecule has 2 nitrogen and oxygen atoms in total. The van der Waals surface area contributed by atoms with E-state index in [9.17, 15) is 0 Å². The van der Waals surface area contributed by atoms with Gasteiger partial charge in [-0.15, -0.1) is 0 Å². The maximum atomic E-state index is 6.33. The van der Waals surface area contributed by atoms with Crippen molar-refractivity contribution in [2.75, 3.05) is 13.2 Å². The van der Waals surface area contributed by atoms with Gasteiger partial charge in [0.2, 0.25) is 9.04 Å². The highest BCUT2D eigenvalue weighted by Crippen LogP contribution is 2.30. The number of rotatable bonds is 5. The summed E-state index contributed by atoms with van der Waals surface area (Å²) in [6.45, 7) is 8.98. The van der Waals surface area contributed by atoms with Crippen LogP contribution in [0.25, 0.3) is 0 Å². The molecule has 1 atom stereocenters. The van der Waals surface area contributed by atoms with E-state index in [1.165, 1.54) is 18.4 Å². The van der Waals surface area contributed by atoms with Crippen LogP contribution in [-0.4, -0.2) is 28.2 Å². The van der Waals surface area contributed by atoms with Crippen molar-refractivity contribution in [3.8, 4) is 0 Å². The highest BCUT2D eigenvalue weighted by molar-refractivity contribution is 6.54. The molecule has 1 saturated heterocycles. The van der Waals surface area contributed by atoms with E-state index in [0.717, 1.165) is 19.2 Å². The molecule has 0 amide bonds. The van der Waals surface area contributed by atoms with Crippen molar-refractivity contribution in [3.05, 3.63) is 35.9 Å². The molecule has 2 rings (SSSR count). The molecule has 105 valence electrons. The van der Waals surface area contributed by atoms with Gasteiger partial charge in [-0.05, 0) is 36.0 Å². The average Bonchev–Trinajstić information content (AvgIpc) is 2.87. The van der Waals surface area contributed by atoms with E-state index in [2.05, 4.69) is 56.4 Å². The Morgan fingerprint density at radius 2 is 2.00 bits per heavy atom. The molecule has 0 spiro atoms. The van der Waals surface area contributed by atoms with E-state index >= 15 is 0 Å². The minimum atomic E-state index is -0.840. The fourth-order valence-electron chi connectivity index (χ4n) is 2.41. The van der Waals surface area contributed by atoms with Crippen LogP contribution in [-0.2, 0) is 10.5 Å². The zero-order valence-corrected chi connectivity index (χ0v) is 13.4. The van der Waals surface area contributed by atoms with E-state index in [4.69, 9.17) is 4.43 Å². The highest BCUT2D eigenvalue weighted by atomic mass is 28.3. The van der Waals surface area contributed by atoms with Gasteiger partial charge in [0.1, 0.15) is 0 Å². The van der Waals surface area contributed by atoms with Crippen LogP contribution in [0.4, 0.5) is 0 Å². The van der Waals surface area contributed by atoms with Gasteiger partial charge < -0.3 is 9.74 Å². The Morgan fingerprint density at radius 1 is 1.26 bits per heavy atom. The number of hydrogen-bond donors (Lipinski definition) is 1. The van der Waals surface area contributed by atoms with Crippen molar-refractivity contribution in [1.82, 2.24) is 5.32 Å². The molecule has 0 unspecified atom stereocenters. The predicted octanol–water partition coefficient (Wildman–Crippen LogP) is 3.33. The average molecular weight is 276 g/mol. The molecule has 1 N–H and O–H groups in total. The molecule has 1 heterocycles. The molecule has 19 heavy (non-hydrogen) atoms. The smallest absolute Gasteiger partial charge is 0.221 e. The normalized spacial score (nSPS) is 20.1. The first-order chi connectivity index (χ1) is 9.05. The van der Waals surface area contributed by atoms with E-state index in [1.54, 1.807) is 0 Å². The lowest BCUT2D eigenvalue weighted by Crippen LogP contribution is -2.37. The summed E-state index contributed by atoms with van der Waals surface area (Å²) >= 11 is 0. The van der Waals surface area contributed by atoms with Crippen molar-refractivity contribution < 1.29 is 4.43 Å². The summed E-state index contributed by atoms with van der Waals surface area (Å²) in [5, 5.41) is 3.80. The van der Waals surface area contributed by atoms with Gasteiger partial charge in [-0.25, -0.2) is 0 Å². The van der Waals surface area contributed by atoms with Gasteiger partial charge >= 0.3 is 0 Å². The third-order valence-electron chi connectivity index (χ3n) is 3.67. The molecule has 1 aliphatic heterocycles. The summed E-state index contributed by atoms with van der Waals surface area (Å²) < 4.78 is 6.33. The first kappa shape index (κ1) is 14.8. The summed E-state index contributed by atoms with van der Waals surface area (Å²) in [5.74, 6) is 0. The lowest BCUT2D eigenvalue weighted by molar-refractivity contribution is 0.263. The zero-order chi connectivity index (χ0) is 13.7. The van der Waals surface area contributed by atoms with Crippen LogP contribution < -0.4 is 5.32 Å². The summed E-state index contributed by atoms with van der Waals surface area (Å²) in [5.41, 5.74) is 1.41. The second-order valence-corrected chi connectivity index (χ2v) is 9.43. The molecular formula is C16H26NOSi. The lowest BCUT2D eigenvalue weighted by Gasteiger charge is -2.29. The minimum absolute atomic E-state index is 0.277. The fraction of sp³-hybridized carbons (Fsp3) is 0.625. The highest BCUT2D eigenvalue weighted by Gasteiger charge is 2.30.